The molecular formula is C17H28O4. The van der Waals surface area contributed by atoms with Gasteiger partial charge in [0.1, 0.15) is 0 Å². The highest BCUT2D eigenvalue weighted by molar-refractivity contribution is 4.93. The van der Waals surface area contributed by atoms with Crippen LogP contribution in [-0.2, 0) is 18.9 Å². The van der Waals surface area contributed by atoms with Gasteiger partial charge in [0.15, 0.2) is 12.6 Å². The SMILES string of the molecule is CCCC=CC1OCC2(CO1)COC(C=CCCC)OC2. The summed E-state index contributed by atoms with van der Waals surface area (Å²) in [5.41, 5.74) is -0.149. The number of rotatable bonds is 6. The maximum atomic E-state index is 5.76. The third kappa shape index (κ3) is 5.22. The molecule has 0 radical (unpaired) electrons. The van der Waals surface area contributed by atoms with E-state index >= 15 is 0 Å². The highest BCUT2D eigenvalue weighted by atomic mass is 16.7. The van der Waals surface area contributed by atoms with E-state index in [4.69, 9.17) is 18.9 Å². The molecule has 0 amide bonds. The van der Waals surface area contributed by atoms with Crippen LogP contribution < -0.4 is 0 Å². The summed E-state index contributed by atoms with van der Waals surface area (Å²) in [6, 6.07) is 0. The fourth-order valence-corrected chi connectivity index (χ4v) is 2.35. The molecule has 21 heavy (non-hydrogen) atoms. The average molecular weight is 296 g/mol. The summed E-state index contributed by atoms with van der Waals surface area (Å²) in [4.78, 5) is 0. The van der Waals surface area contributed by atoms with E-state index in [-0.39, 0.29) is 18.0 Å². The van der Waals surface area contributed by atoms with Gasteiger partial charge in [-0.15, -0.1) is 0 Å². The first-order chi connectivity index (χ1) is 10.3. The molecule has 0 aromatic carbocycles. The van der Waals surface area contributed by atoms with Crippen LogP contribution in [0.3, 0.4) is 0 Å². The molecule has 0 bridgehead atoms. The summed E-state index contributed by atoms with van der Waals surface area (Å²) in [6.45, 7) is 6.81. The first-order valence-electron chi connectivity index (χ1n) is 8.08. The van der Waals surface area contributed by atoms with Crippen LogP contribution in [-0.4, -0.2) is 39.0 Å². The quantitative estimate of drug-likeness (QED) is 0.704. The predicted octanol–water partition coefficient (Wildman–Crippen LogP) is 3.43. The van der Waals surface area contributed by atoms with Gasteiger partial charge in [-0.2, -0.15) is 0 Å². The standard InChI is InChI=1S/C17H28O4/c1-3-5-7-9-15-18-11-17(12-19-15)13-20-16(21-14-17)10-8-6-4-2/h7-10,15-16H,3-6,11-14H2,1-2H3. The number of hydrogen-bond donors (Lipinski definition) is 0. The van der Waals surface area contributed by atoms with E-state index in [9.17, 15) is 0 Å². The normalized spacial score (nSPS) is 34.2. The lowest BCUT2D eigenvalue weighted by molar-refractivity contribution is -0.283. The second-order valence-corrected chi connectivity index (χ2v) is 5.91. The second kappa shape index (κ2) is 8.69. The average Bonchev–Trinajstić information content (AvgIpc) is 2.52. The molecule has 2 fully saturated rings. The predicted molar refractivity (Wildman–Crippen MR) is 81.9 cm³/mol. The largest absolute Gasteiger partial charge is 0.348 e. The Morgan fingerprint density at radius 3 is 1.48 bits per heavy atom. The molecular weight excluding hydrogens is 268 g/mol. The molecule has 2 heterocycles. The third-order valence-electron chi connectivity index (χ3n) is 3.71. The van der Waals surface area contributed by atoms with Gasteiger partial charge in [-0.25, -0.2) is 0 Å². The fraction of sp³-hybridized carbons (Fsp3) is 0.765. The second-order valence-electron chi connectivity index (χ2n) is 5.91. The van der Waals surface area contributed by atoms with Gasteiger partial charge in [-0.05, 0) is 25.0 Å². The van der Waals surface area contributed by atoms with E-state index in [0.717, 1.165) is 25.7 Å². The Labute approximate surface area is 128 Å². The van der Waals surface area contributed by atoms with E-state index in [1.807, 2.05) is 12.2 Å². The molecule has 4 nitrogen and oxygen atoms in total. The summed E-state index contributed by atoms with van der Waals surface area (Å²) in [5, 5.41) is 0. The Hall–Kier alpha value is -0.680. The van der Waals surface area contributed by atoms with Crippen molar-refractivity contribution in [3.8, 4) is 0 Å². The van der Waals surface area contributed by atoms with Crippen LogP contribution in [0, 0.1) is 5.41 Å². The van der Waals surface area contributed by atoms with Gasteiger partial charge in [0.2, 0.25) is 0 Å². The van der Waals surface area contributed by atoms with Gasteiger partial charge in [-0.1, -0.05) is 38.8 Å². The molecule has 0 aromatic rings. The summed E-state index contributed by atoms with van der Waals surface area (Å²) < 4.78 is 23.1. The van der Waals surface area contributed by atoms with Crippen molar-refractivity contribution in [3.05, 3.63) is 24.3 Å². The van der Waals surface area contributed by atoms with Crippen LogP contribution in [0.15, 0.2) is 24.3 Å². The Kier molecular flexibility index (Phi) is 6.90. The van der Waals surface area contributed by atoms with Gasteiger partial charge in [0.05, 0.1) is 31.8 Å². The van der Waals surface area contributed by atoms with Crippen molar-refractivity contribution in [2.75, 3.05) is 26.4 Å². The molecule has 0 atom stereocenters. The smallest absolute Gasteiger partial charge is 0.176 e. The van der Waals surface area contributed by atoms with Crippen molar-refractivity contribution in [2.24, 2.45) is 5.41 Å². The van der Waals surface area contributed by atoms with Crippen molar-refractivity contribution in [1.29, 1.82) is 0 Å². The van der Waals surface area contributed by atoms with E-state index in [2.05, 4.69) is 26.0 Å². The molecule has 1 spiro atoms. The van der Waals surface area contributed by atoms with Crippen LogP contribution in [0.1, 0.15) is 39.5 Å². The number of hydrogen-bond acceptors (Lipinski definition) is 4. The molecule has 0 aliphatic carbocycles. The van der Waals surface area contributed by atoms with Gasteiger partial charge < -0.3 is 18.9 Å². The van der Waals surface area contributed by atoms with Crippen molar-refractivity contribution >= 4 is 0 Å². The maximum Gasteiger partial charge on any atom is 0.176 e. The Morgan fingerprint density at radius 1 is 0.762 bits per heavy atom. The van der Waals surface area contributed by atoms with Crippen molar-refractivity contribution < 1.29 is 18.9 Å². The topological polar surface area (TPSA) is 36.9 Å². The van der Waals surface area contributed by atoms with Gasteiger partial charge in [-0.3, -0.25) is 0 Å². The van der Waals surface area contributed by atoms with E-state index in [1.165, 1.54) is 0 Å². The number of ether oxygens (including phenoxy) is 4. The molecule has 4 heteroatoms. The molecule has 120 valence electrons. The van der Waals surface area contributed by atoms with Gasteiger partial charge in [0.25, 0.3) is 0 Å². The first-order valence-corrected chi connectivity index (χ1v) is 8.08. The minimum atomic E-state index is -0.218. The first kappa shape index (κ1) is 16.7. The maximum absolute atomic E-state index is 5.76. The zero-order valence-electron chi connectivity index (χ0n) is 13.3. The Bertz CT molecular complexity index is 297. The number of unbranched alkanes of at least 4 members (excludes halogenated alkanes) is 2. The third-order valence-corrected chi connectivity index (χ3v) is 3.71. The van der Waals surface area contributed by atoms with E-state index < -0.39 is 0 Å². The van der Waals surface area contributed by atoms with Crippen LogP contribution in [0.25, 0.3) is 0 Å². The molecule has 2 aliphatic rings. The minimum Gasteiger partial charge on any atom is -0.348 e. The zero-order chi connectivity index (χ0) is 15.0. The van der Waals surface area contributed by atoms with Crippen LogP contribution in [0.4, 0.5) is 0 Å². The van der Waals surface area contributed by atoms with E-state index in [1.54, 1.807) is 0 Å². The molecule has 0 N–H and O–H groups in total. The van der Waals surface area contributed by atoms with Crippen LogP contribution in [0.5, 0.6) is 0 Å². The lowest BCUT2D eigenvalue weighted by Crippen LogP contribution is -2.51. The summed E-state index contributed by atoms with van der Waals surface area (Å²) in [5.74, 6) is 0. The molecule has 0 unspecified atom stereocenters. The monoisotopic (exact) mass is 296 g/mol. The highest BCUT2D eigenvalue weighted by Crippen LogP contribution is 2.30. The van der Waals surface area contributed by atoms with E-state index in [0.29, 0.717) is 26.4 Å². The number of allylic oxidation sites excluding steroid dienone is 2. The highest BCUT2D eigenvalue weighted by Gasteiger charge is 2.41. The fourth-order valence-electron chi connectivity index (χ4n) is 2.35. The molecule has 2 aliphatic heterocycles. The lowest BCUT2D eigenvalue weighted by atomic mass is 9.91. The Morgan fingerprint density at radius 2 is 1.14 bits per heavy atom. The summed E-state index contributed by atoms with van der Waals surface area (Å²) in [6.07, 6.45) is 12.2. The zero-order valence-corrected chi connectivity index (χ0v) is 13.3. The molecule has 2 rings (SSSR count). The van der Waals surface area contributed by atoms with Gasteiger partial charge in [0, 0.05) is 0 Å². The van der Waals surface area contributed by atoms with Crippen LogP contribution >= 0.6 is 0 Å². The lowest BCUT2D eigenvalue weighted by Gasteiger charge is -2.42. The van der Waals surface area contributed by atoms with Crippen LogP contribution in [0.2, 0.25) is 0 Å². The summed E-state index contributed by atoms with van der Waals surface area (Å²) >= 11 is 0. The van der Waals surface area contributed by atoms with Crippen molar-refractivity contribution in [2.45, 2.75) is 52.1 Å². The van der Waals surface area contributed by atoms with Gasteiger partial charge >= 0.3 is 0 Å². The van der Waals surface area contributed by atoms with Crippen molar-refractivity contribution in [1.82, 2.24) is 0 Å². The van der Waals surface area contributed by atoms with Crippen molar-refractivity contribution in [3.63, 3.8) is 0 Å². The molecule has 0 saturated carbocycles. The molecule has 0 aromatic heterocycles. The Balaban J connectivity index is 1.72. The minimum absolute atomic E-state index is 0.149. The molecule has 2 saturated heterocycles. The summed E-state index contributed by atoms with van der Waals surface area (Å²) in [7, 11) is 0.